The van der Waals surface area contributed by atoms with E-state index in [4.69, 9.17) is 9.47 Å². The van der Waals surface area contributed by atoms with E-state index in [1.54, 1.807) is 19.1 Å². The van der Waals surface area contributed by atoms with Crippen LogP contribution in [0.15, 0.2) is 30.9 Å². The van der Waals surface area contributed by atoms with Gasteiger partial charge in [0.2, 0.25) is 5.91 Å². The number of methoxy groups -OCH3 is 1. The van der Waals surface area contributed by atoms with Crippen molar-refractivity contribution in [2.45, 2.75) is 26.0 Å². The van der Waals surface area contributed by atoms with Crippen LogP contribution in [-0.4, -0.2) is 25.7 Å². The van der Waals surface area contributed by atoms with Crippen LogP contribution in [0.3, 0.4) is 0 Å². The van der Waals surface area contributed by atoms with E-state index in [0.29, 0.717) is 18.6 Å². The third kappa shape index (κ3) is 5.01. The molecule has 1 aromatic rings. The molecular formula is C15H20FNO3. The zero-order chi connectivity index (χ0) is 15.0. The minimum absolute atomic E-state index is 0.182. The van der Waals surface area contributed by atoms with E-state index in [-0.39, 0.29) is 18.2 Å². The summed E-state index contributed by atoms with van der Waals surface area (Å²) < 4.78 is 23.6. The van der Waals surface area contributed by atoms with Gasteiger partial charge in [-0.2, -0.15) is 0 Å². The highest BCUT2D eigenvalue weighted by Gasteiger charge is 2.12. The molecule has 0 fully saturated rings. The van der Waals surface area contributed by atoms with Crippen molar-refractivity contribution >= 4 is 5.91 Å². The number of carbonyl (C=O) groups is 1. The molecule has 1 unspecified atom stereocenters. The van der Waals surface area contributed by atoms with Crippen molar-refractivity contribution in [3.63, 3.8) is 0 Å². The quantitative estimate of drug-likeness (QED) is 0.588. The second kappa shape index (κ2) is 8.32. The monoisotopic (exact) mass is 281 g/mol. The van der Waals surface area contributed by atoms with E-state index in [1.807, 2.05) is 0 Å². The first-order valence-electron chi connectivity index (χ1n) is 6.41. The van der Waals surface area contributed by atoms with Crippen LogP contribution in [0.2, 0.25) is 0 Å². The summed E-state index contributed by atoms with van der Waals surface area (Å²) in [6.45, 7) is 5.95. The van der Waals surface area contributed by atoms with Gasteiger partial charge in [0.15, 0.2) is 11.6 Å². The molecule has 0 saturated carbocycles. The number of hydrogen-bond donors (Lipinski definition) is 1. The molecule has 0 aliphatic rings. The lowest BCUT2D eigenvalue weighted by Gasteiger charge is -2.13. The summed E-state index contributed by atoms with van der Waals surface area (Å²) in [6, 6.07) is 4.56. The number of amides is 1. The van der Waals surface area contributed by atoms with E-state index >= 15 is 0 Å². The number of hydrogen-bond acceptors (Lipinski definition) is 3. The van der Waals surface area contributed by atoms with Gasteiger partial charge in [-0.1, -0.05) is 12.1 Å². The van der Waals surface area contributed by atoms with Crippen molar-refractivity contribution in [1.82, 2.24) is 5.32 Å². The Morgan fingerprint density at radius 1 is 1.55 bits per heavy atom. The first-order chi connectivity index (χ1) is 9.58. The zero-order valence-electron chi connectivity index (χ0n) is 11.8. The Morgan fingerprint density at radius 2 is 2.30 bits per heavy atom. The van der Waals surface area contributed by atoms with E-state index in [9.17, 15) is 9.18 Å². The Bertz CT molecular complexity index is 462. The van der Waals surface area contributed by atoms with Gasteiger partial charge in [-0.05, 0) is 31.0 Å². The molecule has 20 heavy (non-hydrogen) atoms. The summed E-state index contributed by atoms with van der Waals surface area (Å²) in [5, 5.41) is 2.69. The Hall–Kier alpha value is -1.88. The normalized spacial score (nSPS) is 11.8. The molecule has 1 rings (SSSR count). The molecule has 0 heterocycles. The SMILES string of the molecule is C=CCCOC(C)C(=O)NCc1ccc(OC)c(F)c1. The number of halogens is 1. The zero-order valence-corrected chi connectivity index (χ0v) is 11.8. The maximum absolute atomic E-state index is 13.5. The first-order valence-corrected chi connectivity index (χ1v) is 6.41. The van der Waals surface area contributed by atoms with Gasteiger partial charge in [0.25, 0.3) is 0 Å². The van der Waals surface area contributed by atoms with Crippen LogP contribution in [0.1, 0.15) is 18.9 Å². The van der Waals surface area contributed by atoms with Crippen molar-refractivity contribution < 1.29 is 18.7 Å². The van der Waals surface area contributed by atoms with Crippen LogP contribution in [0.5, 0.6) is 5.75 Å². The Morgan fingerprint density at radius 3 is 2.90 bits per heavy atom. The van der Waals surface area contributed by atoms with Gasteiger partial charge in [-0.25, -0.2) is 4.39 Å². The van der Waals surface area contributed by atoms with E-state index in [2.05, 4.69) is 11.9 Å². The van der Waals surface area contributed by atoms with Crippen molar-refractivity contribution in [1.29, 1.82) is 0 Å². The molecule has 0 spiro atoms. The highest BCUT2D eigenvalue weighted by Crippen LogP contribution is 2.17. The molecule has 4 nitrogen and oxygen atoms in total. The number of carbonyl (C=O) groups excluding carboxylic acids is 1. The van der Waals surface area contributed by atoms with Crippen molar-refractivity contribution in [2.24, 2.45) is 0 Å². The molecule has 5 heteroatoms. The molecule has 0 saturated heterocycles. The highest BCUT2D eigenvalue weighted by atomic mass is 19.1. The fourth-order valence-electron chi connectivity index (χ4n) is 1.56. The second-order valence-corrected chi connectivity index (χ2v) is 4.28. The minimum Gasteiger partial charge on any atom is -0.494 e. The summed E-state index contributed by atoms with van der Waals surface area (Å²) in [6.07, 6.45) is 1.88. The third-order valence-electron chi connectivity index (χ3n) is 2.74. The van der Waals surface area contributed by atoms with Crippen LogP contribution in [0.4, 0.5) is 4.39 Å². The summed E-state index contributed by atoms with van der Waals surface area (Å²) in [5.74, 6) is -0.499. The van der Waals surface area contributed by atoms with Gasteiger partial charge in [0, 0.05) is 6.54 Å². The summed E-state index contributed by atoms with van der Waals surface area (Å²) in [7, 11) is 1.40. The van der Waals surface area contributed by atoms with Crippen LogP contribution >= 0.6 is 0 Å². The molecule has 0 aliphatic heterocycles. The molecule has 0 aliphatic carbocycles. The lowest BCUT2D eigenvalue weighted by Crippen LogP contribution is -2.34. The molecule has 0 bridgehead atoms. The largest absolute Gasteiger partial charge is 0.494 e. The molecule has 0 aromatic heterocycles. The Labute approximate surface area is 118 Å². The predicted octanol–water partition coefficient (Wildman–Crippen LogP) is 2.43. The second-order valence-electron chi connectivity index (χ2n) is 4.28. The van der Waals surface area contributed by atoms with Crippen molar-refractivity contribution in [3.05, 3.63) is 42.2 Å². The molecule has 1 N–H and O–H groups in total. The fraction of sp³-hybridized carbons (Fsp3) is 0.400. The average Bonchev–Trinajstić information content (AvgIpc) is 2.45. The lowest BCUT2D eigenvalue weighted by atomic mass is 10.2. The number of rotatable bonds is 8. The van der Waals surface area contributed by atoms with Gasteiger partial charge < -0.3 is 14.8 Å². The fourth-order valence-corrected chi connectivity index (χ4v) is 1.56. The van der Waals surface area contributed by atoms with Gasteiger partial charge in [0.05, 0.1) is 13.7 Å². The maximum Gasteiger partial charge on any atom is 0.249 e. The van der Waals surface area contributed by atoms with Gasteiger partial charge in [-0.3, -0.25) is 4.79 Å². The predicted molar refractivity (Wildman–Crippen MR) is 75.0 cm³/mol. The third-order valence-corrected chi connectivity index (χ3v) is 2.74. The summed E-state index contributed by atoms with van der Waals surface area (Å²) in [4.78, 5) is 11.7. The number of benzene rings is 1. The molecule has 1 aromatic carbocycles. The number of ether oxygens (including phenoxy) is 2. The van der Waals surface area contributed by atoms with Gasteiger partial charge in [0.1, 0.15) is 6.10 Å². The number of nitrogens with one attached hydrogen (secondary N) is 1. The van der Waals surface area contributed by atoms with Crippen LogP contribution in [0, 0.1) is 5.82 Å². The van der Waals surface area contributed by atoms with Crippen LogP contribution in [0.25, 0.3) is 0 Å². The van der Waals surface area contributed by atoms with Crippen molar-refractivity contribution in [3.8, 4) is 5.75 Å². The molecule has 0 radical (unpaired) electrons. The Balaban J connectivity index is 2.44. The summed E-state index contributed by atoms with van der Waals surface area (Å²) in [5.41, 5.74) is 0.662. The van der Waals surface area contributed by atoms with E-state index < -0.39 is 11.9 Å². The molecule has 1 amide bonds. The topological polar surface area (TPSA) is 47.6 Å². The van der Waals surface area contributed by atoms with Gasteiger partial charge in [-0.15, -0.1) is 6.58 Å². The standard InChI is InChI=1S/C15H20FNO3/c1-4-5-8-20-11(2)15(18)17-10-12-6-7-14(19-3)13(16)9-12/h4,6-7,9,11H,1,5,8,10H2,2-3H3,(H,17,18). The van der Waals surface area contributed by atoms with E-state index in [0.717, 1.165) is 0 Å². The molecule has 110 valence electrons. The first kappa shape index (κ1) is 16.2. The summed E-state index contributed by atoms with van der Waals surface area (Å²) >= 11 is 0. The molecular weight excluding hydrogens is 261 g/mol. The smallest absolute Gasteiger partial charge is 0.249 e. The maximum atomic E-state index is 13.5. The van der Waals surface area contributed by atoms with E-state index in [1.165, 1.54) is 19.2 Å². The Kier molecular flexibility index (Phi) is 6.73. The average molecular weight is 281 g/mol. The van der Waals surface area contributed by atoms with Gasteiger partial charge >= 0.3 is 0 Å². The van der Waals surface area contributed by atoms with Crippen molar-refractivity contribution in [2.75, 3.05) is 13.7 Å². The lowest BCUT2D eigenvalue weighted by molar-refractivity contribution is -0.131. The van der Waals surface area contributed by atoms with Crippen LogP contribution in [-0.2, 0) is 16.1 Å². The minimum atomic E-state index is -0.543. The van der Waals surface area contributed by atoms with Crippen LogP contribution < -0.4 is 10.1 Å². The highest BCUT2D eigenvalue weighted by molar-refractivity contribution is 5.80. The molecule has 1 atom stereocenters.